The normalized spacial score (nSPS) is 11.1. The second-order valence-corrected chi connectivity index (χ2v) is 5.52. The molecule has 0 radical (unpaired) electrons. The summed E-state index contributed by atoms with van der Waals surface area (Å²) in [5.41, 5.74) is 2.52. The molecule has 0 aliphatic heterocycles. The van der Waals surface area contributed by atoms with Crippen molar-refractivity contribution in [2.45, 2.75) is 19.8 Å². The van der Waals surface area contributed by atoms with Crippen LogP contribution >= 0.6 is 0 Å². The number of oxime groups is 1. The lowest BCUT2D eigenvalue weighted by molar-refractivity contribution is -0.136. The van der Waals surface area contributed by atoms with Crippen LogP contribution in [0, 0.1) is 0 Å². The van der Waals surface area contributed by atoms with Gasteiger partial charge in [0.15, 0.2) is 6.61 Å². The van der Waals surface area contributed by atoms with Gasteiger partial charge in [-0.05, 0) is 53.9 Å². The first-order valence-corrected chi connectivity index (χ1v) is 8.39. The van der Waals surface area contributed by atoms with E-state index in [1.54, 1.807) is 31.4 Å². The highest BCUT2D eigenvalue weighted by atomic mass is 16.6. The molecule has 138 valence electrons. The lowest BCUT2D eigenvalue weighted by atomic mass is 10.1. The van der Waals surface area contributed by atoms with Gasteiger partial charge in [-0.2, -0.15) is 0 Å². The fourth-order valence-electron chi connectivity index (χ4n) is 2.34. The van der Waals surface area contributed by atoms with Crippen molar-refractivity contribution in [3.63, 3.8) is 0 Å². The first kappa shape index (κ1) is 19.3. The standard InChI is InChI=1S/C20H23NO5/c1-3-19(16-7-9-17(24-2)10-8-16)21-26-12-11-25-18-6-4-5-15(13-18)14-20(22)23/h4-10,13H,3,11-12,14H2,1-2H3,(H,22,23)/b21-19+. The molecular formula is C20H23NO5. The molecule has 0 aliphatic rings. The van der Waals surface area contributed by atoms with Gasteiger partial charge in [0, 0.05) is 0 Å². The summed E-state index contributed by atoms with van der Waals surface area (Å²) in [6.07, 6.45) is 0.712. The predicted octanol–water partition coefficient (Wildman–Crippen LogP) is 3.53. The summed E-state index contributed by atoms with van der Waals surface area (Å²) in [6, 6.07) is 14.7. The molecule has 0 saturated carbocycles. The summed E-state index contributed by atoms with van der Waals surface area (Å²) in [6.45, 7) is 2.62. The largest absolute Gasteiger partial charge is 0.497 e. The van der Waals surface area contributed by atoms with E-state index < -0.39 is 5.97 Å². The Kier molecular flexibility index (Phi) is 7.49. The van der Waals surface area contributed by atoms with E-state index in [0.29, 0.717) is 24.5 Å². The highest BCUT2D eigenvalue weighted by Crippen LogP contribution is 2.15. The molecule has 2 rings (SSSR count). The lowest BCUT2D eigenvalue weighted by Crippen LogP contribution is -2.07. The number of hydrogen-bond donors (Lipinski definition) is 1. The van der Waals surface area contributed by atoms with E-state index in [9.17, 15) is 4.79 Å². The molecule has 0 fully saturated rings. The lowest BCUT2D eigenvalue weighted by Gasteiger charge is -2.08. The number of ether oxygens (including phenoxy) is 2. The van der Waals surface area contributed by atoms with Gasteiger partial charge in [-0.1, -0.05) is 24.2 Å². The average molecular weight is 357 g/mol. The van der Waals surface area contributed by atoms with E-state index >= 15 is 0 Å². The Morgan fingerprint density at radius 2 is 1.85 bits per heavy atom. The molecule has 0 spiro atoms. The van der Waals surface area contributed by atoms with Gasteiger partial charge in [0.25, 0.3) is 0 Å². The summed E-state index contributed by atoms with van der Waals surface area (Å²) in [5, 5.41) is 13.0. The molecule has 0 unspecified atom stereocenters. The van der Waals surface area contributed by atoms with Crippen molar-refractivity contribution in [1.29, 1.82) is 0 Å². The smallest absolute Gasteiger partial charge is 0.307 e. The zero-order chi connectivity index (χ0) is 18.8. The number of rotatable bonds is 10. The minimum atomic E-state index is -0.870. The third kappa shape index (κ3) is 6.12. The molecule has 0 saturated heterocycles. The molecule has 1 N–H and O–H groups in total. The number of carboxylic acids is 1. The van der Waals surface area contributed by atoms with E-state index in [0.717, 1.165) is 23.4 Å². The van der Waals surface area contributed by atoms with Crippen molar-refractivity contribution in [2.24, 2.45) is 5.16 Å². The van der Waals surface area contributed by atoms with Crippen LogP contribution in [0.2, 0.25) is 0 Å². The quantitative estimate of drug-likeness (QED) is 0.400. The molecule has 26 heavy (non-hydrogen) atoms. The molecule has 0 heterocycles. The average Bonchev–Trinajstić information content (AvgIpc) is 2.65. The Balaban J connectivity index is 1.82. The molecular weight excluding hydrogens is 334 g/mol. The van der Waals surface area contributed by atoms with Gasteiger partial charge in [-0.3, -0.25) is 4.79 Å². The van der Waals surface area contributed by atoms with Gasteiger partial charge in [0.2, 0.25) is 0 Å². The number of carboxylic acid groups (broad SMARTS) is 1. The number of carbonyl (C=O) groups is 1. The number of benzene rings is 2. The van der Waals surface area contributed by atoms with Gasteiger partial charge in [-0.25, -0.2) is 0 Å². The van der Waals surface area contributed by atoms with Crippen LogP contribution in [0.5, 0.6) is 11.5 Å². The van der Waals surface area contributed by atoms with Crippen LogP contribution in [-0.2, 0) is 16.1 Å². The SMILES string of the molecule is CC/C(=N\OCCOc1cccc(CC(=O)O)c1)c1ccc(OC)cc1. The highest BCUT2D eigenvalue weighted by molar-refractivity contribution is 6.00. The van der Waals surface area contributed by atoms with Gasteiger partial charge >= 0.3 is 5.97 Å². The molecule has 6 nitrogen and oxygen atoms in total. The van der Waals surface area contributed by atoms with Crippen molar-refractivity contribution in [3.05, 3.63) is 59.7 Å². The van der Waals surface area contributed by atoms with Crippen molar-refractivity contribution in [3.8, 4) is 11.5 Å². The summed E-state index contributed by atoms with van der Waals surface area (Å²) < 4.78 is 10.7. The van der Waals surface area contributed by atoms with Gasteiger partial charge < -0.3 is 19.4 Å². The second kappa shape index (κ2) is 10.1. The third-order valence-corrected chi connectivity index (χ3v) is 3.63. The first-order chi connectivity index (χ1) is 12.6. The van der Waals surface area contributed by atoms with Crippen LogP contribution in [0.1, 0.15) is 24.5 Å². The number of aliphatic carboxylic acids is 1. The Morgan fingerprint density at radius 3 is 2.50 bits per heavy atom. The van der Waals surface area contributed by atoms with Crippen molar-refractivity contribution in [1.82, 2.24) is 0 Å². The molecule has 2 aromatic carbocycles. The fourth-order valence-corrected chi connectivity index (χ4v) is 2.34. The van der Waals surface area contributed by atoms with Gasteiger partial charge in [0.05, 0.1) is 19.2 Å². The second-order valence-electron chi connectivity index (χ2n) is 5.52. The fraction of sp³-hybridized carbons (Fsp3) is 0.300. The minimum absolute atomic E-state index is 0.0281. The Hall–Kier alpha value is -3.02. The van der Waals surface area contributed by atoms with Crippen molar-refractivity contribution in [2.75, 3.05) is 20.3 Å². The number of nitrogens with zero attached hydrogens (tertiary/aromatic N) is 1. The van der Waals surface area contributed by atoms with Gasteiger partial charge in [0.1, 0.15) is 18.1 Å². The Bertz CT molecular complexity index is 740. The van der Waals surface area contributed by atoms with Crippen LogP contribution < -0.4 is 9.47 Å². The first-order valence-electron chi connectivity index (χ1n) is 8.39. The maximum atomic E-state index is 10.7. The topological polar surface area (TPSA) is 77.4 Å². The van der Waals surface area contributed by atoms with Crippen LogP contribution in [0.15, 0.2) is 53.7 Å². The van der Waals surface area contributed by atoms with Crippen LogP contribution in [0.25, 0.3) is 0 Å². The van der Waals surface area contributed by atoms with E-state index in [-0.39, 0.29) is 6.42 Å². The van der Waals surface area contributed by atoms with Crippen molar-refractivity contribution < 1.29 is 24.2 Å². The Morgan fingerprint density at radius 1 is 1.08 bits per heavy atom. The summed E-state index contributed by atoms with van der Waals surface area (Å²) in [4.78, 5) is 16.1. The molecule has 2 aromatic rings. The third-order valence-electron chi connectivity index (χ3n) is 3.63. The van der Waals surface area contributed by atoms with E-state index in [4.69, 9.17) is 19.4 Å². The summed E-state index contributed by atoms with van der Waals surface area (Å²) >= 11 is 0. The monoisotopic (exact) mass is 357 g/mol. The van der Waals surface area contributed by atoms with Crippen LogP contribution in [0.3, 0.4) is 0 Å². The maximum absolute atomic E-state index is 10.7. The van der Waals surface area contributed by atoms with E-state index in [1.165, 1.54) is 0 Å². The van der Waals surface area contributed by atoms with E-state index in [1.807, 2.05) is 31.2 Å². The molecule has 0 amide bonds. The van der Waals surface area contributed by atoms with Gasteiger partial charge in [-0.15, -0.1) is 0 Å². The molecule has 6 heteroatoms. The zero-order valence-electron chi connectivity index (χ0n) is 15.0. The minimum Gasteiger partial charge on any atom is -0.497 e. The zero-order valence-corrected chi connectivity index (χ0v) is 15.0. The molecule has 0 bridgehead atoms. The maximum Gasteiger partial charge on any atom is 0.307 e. The van der Waals surface area contributed by atoms with Crippen LogP contribution in [0.4, 0.5) is 0 Å². The van der Waals surface area contributed by atoms with Crippen molar-refractivity contribution >= 4 is 11.7 Å². The Labute approximate surface area is 153 Å². The number of methoxy groups -OCH3 is 1. The molecule has 0 aromatic heterocycles. The summed E-state index contributed by atoms with van der Waals surface area (Å²) in [7, 11) is 1.63. The molecule has 0 aliphatic carbocycles. The van der Waals surface area contributed by atoms with Crippen LogP contribution in [-0.4, -0.2) is 37.1 Å². The highest BCUT2D eigenvalue weighted by Gasteiger charge is 2.04. The predicted molar refractivity (Wildman–Crippen MR) is 99.1 cm³/mol. The summed E-state index contributed by atoms with van der Waals surface area (Å²) in [5.74, 6) is 0.538. The number of hydrogen-bond acceptors (Lipinski definition) is 5. The molecule has 0 atom stereocenters. The van der Waals surface area contributed by atoms with E-state index in [2.05, 4.69) is 5.16 Å².